The lowest BCUT2D eigenvalue weighted by Crippen LogP contribution is -2.56. The second kappa shape index (κ2) is 11.3. The number of likely N-dealkylation sites (tertiary alicyclic amines) is 1. The number of rotatable bonds is 9. The van der Waals surface area contributed by atoms with E-state index in [1.165, 1.54) is 23.6 Å². The summed E-state index contributed by atoms with van der Waals surface area (Å²) in [5, 5.41) is 0.792. The van der Waals surface area contributed by atoms with E-state index in [9.17, 15) is 4.79 Å². The average Bonchev–Trinajstić information content (AvgIpc) is 3.97. The van der Waals surface area contributed by atoms with E-state index in [0.29, 0.717) is 61.3 Å². The monoisotopic (exact) mass is 605 g/mol. The summed E-state index contributed by atoms with van der Waals surface area (Å²) in [6, 6.07) is 6.97. The van der Waals surface area contributed by atoms with Crippen molar-refractivity contribution in [3.63, 3.8) is 0 Å². The van der Waals surface area contributed by atoms with Crippen LogP contribution in [0.4, 0.5) is 5.82 Å². The van der Waals surface area contributed by atoms with Crippen LogP contribution in [0.1, 0.15) is 49.1 Å². The van der Waals surface area contributed by atoms with E-state index in [-0.39, 0.29) is 24.6 Å². The van der Waals surface area contributed by atoms with Gasteiger partial charge in [0.1, 0.15) is 29.7 Å². The first-order valence-electron chi connectivity index (χ1n) is 16.4. The molecular weight excluding hydrogens is 566 g/mol. The van der Waals surface area contributed by atoms with Gasteiger partial charge in [0, 0.05) is 37.4 Å². The van der Waals surface area contributed by atoms with Gasteiger partial charge >= 0.3 is 6.01 Å². The standard InChI is InChI=1S/C35H39N7O3/c1-4-30(43)42-14-13-41(19-23(42)17-36-2)34-29-18-37-31(26-9-5-8-25-27-15-21(27)16-28(25)26)33(45-24-10-11-24)32(29)38-35(39-34)44-20-22-7-6-12-40(22)3/h4-5,8-9,18,21-24,27H,1,6-7,10-17,19-20H2,3H3/t21-,22-,23-,27-/m0/s1. The van der Waals surface area contributed by atoms with Gasteiger partial charge in [-0.1, -0.05) is 24.8 Å². The number of fused-ring (bicyclic) bond motifs is 4. The summed E-state index contributed by atoms with van der Waals surface area (Å²) in [6.07, 6.45) is 10.0. The summed E-state index contributed by atoms with van der Waals surface area (Å²) in [5.74, 6) is 2.70. The van der Waals surface area contributed by atoms with E-state index in [1.54, 1.807) is 4.90 Å². The average molecular weight is 606 g/mol. The molecule has 3 aromatic rings. The summed E-state index contributed by atoms with van der Waals surface area (Å²) < 4.78 is 13.1. The van der Waals surface area contributed by atoms with Crippen LogP contribution in [-0.4, -0.2) is 95.2 Å². The Labute approximate surface area is 263 Å². The lowest BCUT2D eigenvalue weighted by molar-refractivity contribution is -0.128. The van der Waals surface area contributed by atoms with Crippen molar-refractivity contribution < 1.29 is 14.3 Å². The molecular formula is C35H39N7O3. The smallest absolute Gasteiger partial charge is 0.319 e. The molecule has 2 saturated heterocycles. The Morgan fingerprint density at radius 1 is 1.18 bits per heavy atom. The van der Waals surface area contributed by atoms with Crippen LogP contribution >= 0.6 is 0 Å². The van der Waals surface area contributed by atoms with E-state index in [0.717, 1.165) is 61.2 Å². The molecule has 1 amide bonds. The van der Waals surface area contributed by atoms with Crippen LogP contribution in [0.15, 0.2) is 37.1 Å². The quantitative estimate of drug-likeness (QED) is 0.261. The summed E-state index contributed by atoms with van der Waals surface area (Å²) in [4.78, 5) is 37.6. The zero-order valence-corrected chi connectivity index (χ0v) is 25.8. The van der Waals surface area contributed by atoms with Crippen molar-refractivity contribution >= 4 is 22.6 Å². The van der Waals surface area contributed by atoms with Crippen LogP contribution in [0, 0.1) is 12.5 Å². The van der Waals surface area contributed by atoms with Gasteiger partial charge in [0.25, 0.3) is 0 Å². The molecule has 4 fully saturated rings. The van der Waals surface area contributed by atoms with Gasteiger partial charge in [0.05, 0.1) is 11.5 Å². The lowest BCUT2D eigenvalue weighted by atomic mass is 9.96. The third-order valence-electron chi connectivity index (χ3n) is 10.3. The number of anilines is 1. The Kier molecular flexibility index (Phi) is 7.09. The number of ether oxygens (including phenoxy) is 2. The topological polar surface area (TPSA) is 88.3 Å². The lowest BCUT2D eigenvalue weighted by Gasteiger charge is -2.39. The van der Waals surface area contributed by atoms with E-state index in [1.807, 2.05) is 6.20 Å². The van der Waals surface area contributed by atoms with Gasteiger partial charge in [-0.3, -0.25) is 9.78 Å². The molecule has 0 N–H and O–H groups in total. The highest BCUT2D eigenvalue weighted by Gasteiger charge is 2.46. The highest BCUT2D eigenvalue weighted by atomic mass is 16.5. The molecule has 0 radical (unpaired) electrons. The first-order chi connectivity index (χ1) is 22.0. The normalized spacial score (nSPS) is 25.5. The van der Waals surface area contributed by atoms with Crippen LogP contribution in [0.2, 0.25) is 0 Å². The van der Waals surface area contributed by atoms with Crippen LogP contribution < -0.4 is 14.4 Å². The van der Waals surface area contributed by atoms with Gasteiger partial charge in [-0.05, 0) is 81.2 Å². The fourth-order valence-electron chi connectivity index (χ4n) is 7.59. The number of amides is 1. The van der Waals surface area contributed by atoms with E-state index < -0.39 is 0 Å². The van der Waals surface area contributed by atoms with Gasteiger partial charge in [-0.2, -0.15) is 9.97 Å². The Balaban J connectivity index is 1.24. The number of aromatic nitrogens is 3. The molecule has 0 unspecified atom stereocenters. The molecule has 5 aliphatic rings. The highest BCUT2D eigenvalue weighted by molar-refractivity contribution is 5.97. The number of hydrogen-bond acceptors (Lipinski definition) is 8. The number of pyridine rings is 1. The van der Waals surface area contributed by atoms with Crippen molar-refractivity contribution in [2.45, 2.75) is 62.6 Å². The van der Waals surface area contributed by atoms with E-state index in [2.05, 4.69) is 46.5 Å². The van der Waals surface area contributed by atoms with Crippen molar-refractivity contribution in [1.82, 2.24) is 24.8 Å². The predicted molar refractivity (Wildman–Crippen MR) is 171 cm³/mol. The molecule has 2 aromatic heterocycles. The third kappa shape index (κ3) is 5.17. The van der Waals surface area contributed by atoms with Gasteiger partial charge in [0.15, 0.2) is 5.75 Å². The zero-order valence-electron chi connectivity index (χ0n) is 25.8. The molecule has 1 aromatic carbocycles. The predicted octanol–water partition coefficient (Wildman–Crippen LogP) is 4.49. The van der Waals surface area contributed by atoms with Crippen molar-refractivity contribution in [3.8, 4) is 23.0 Å². The minimum Gasteiger partial charge on any atom is -0.486 e. The van der Waals surface area contributed by atoms with Crippen LogP contribution in [0.5, 0.6) is 11.8 Å². The molecule has 10 nitrogen and oxygen atoms in total. The minimum atomic E-state index is -0.281. The second-order valence-corrected chi connectivity index (χ2v) is 13.3. The van der Waals surface area contributed by atoms with Crippen molar-refractivity contribution in [2.75, 3.05) is 51.3 Å². The van der Waals surface area contributed by atoms with Gasteiger partial charge in [0.2, 0.25) is 12.5 Å². The Bertz CT molecular complexity index is 1720. The number of benzene rings is 1. The first kappa shape index (κ1) is 28.3. The number of likely N-dealkylation sites (N-methyl/N-ethyl adjacent to an activating group) is 1. The highest BCUT2D eigenvalue weighted by Crippen LogP contribution is 2.58. The summed E-state index contributed by atoms with van der Waals surface area (Å²) in [6.45, 7) is 14.5. The molecule has 8 rings (SSSR count). The van der Waals surface area contributed by atoms with Crippen molar-refractivity contribution in [1.29, 1.82) is 0 Å². The van der Waals surface area contributed by atoms with Crippen molar-refractivity contribution in [2.24, 2.45) is 5.92 Å². The minimum absolute atomic E-state index is 0.146. The first-order valence-corrected chi connectivity index (χ1v) is 16.4. The van der Waals surface area contributed by atoms with Gasteiger partial charge < -0.3 is 29.0 Å². The molecule has 45 heavy (non-hydrogen) atoms. The maximum atomic E-state index is 12.6. The summed E-state index contributed by atoms with van der Waals surface area (Å²) in [7, 11) is 2.14. The second-order valence-electron chi connectivity index (χ2n) is 13.3. The third-order valence-corrected chi connectivity index (χ3v) is 10.3. The van der Waals surface area contributed by atoms with Crippen LogP contribution in [0.3, 0.4) is 0 Å². The molecule has 2 saturated carbocycles. The number of piperazine rings is 1. The maximum absolute atomic E-state index is 12.6. The molecule has 4 atom stereocenters. The molecule has 2 aliphatic heterocycles. The number of nitrogens with zero attached hydrogens (tertiary/aromatic N) is 7. The Morgan fingerprint density at radius 3 is 2.84 bits per heavy atom. The molecule has 0 spiro atoms. The molecule has 3 aliphatic carbocycles. The van der Waals surface area contributed by atoms with E-state index in [4.69, 9.17) is 31.0 Å². The maximum Gasteiger partial charge on any atom is 0.319 e. The Hall–Kier alpha value is -4.23. The Morgan fingerprint density at radius 2 is 2.07 bits per heavy atom. The largest absolute Gasteiger partial charge is 0.486 e. The fourth-order valence-corrected chi connectivity index (χ4v) is 7.59. The molecule has 0 bridgehead atoms. The van der Waals surface area contributed by atoms with Crippen molar-refractivity contribution in [3.05, 3.63) is 59.6 Å². The number of carbonyl (C=O) groups excluding carboxylic acids is 1. The number of carbonyl (C=O) groups is 1. The summed E-state index contributed by atoms with van der Waals surface area (Å²) >= 11 is 0. The summed E-state index contributed by atoms with van der Waals surface area (Å²) in [5.41, 5.74) is 5.54. The SMILES string of the molecule is [C-]#[N+]C[C@H]1CN(c2nc(OC[C@@H]3CCCN3C)nc3c(OC4CC4)c(-c4cccc5c4C[C@@H]4C[C@H]54)ncc23)CCN1C(=O)C=C. The van der Waals surface area contributed by atoms with Gasteiger partial charge in [-0.25, -0.2) is 6.57 Å². The van der Waals surface area contributed by atoms with Gasteiger partial charge in [-0.15, -0.1) is 0 Å². The number of hydrogen-bond donors (Lipinski definition) is 0. The molecule has 4 heterocycles. The molecule has 10 heteroatoms. The molecule has 232 valence electrons. The van der Waals surface area contributed by atoms with E-state index >= 15 is 0 Å². The van der Waals surface area contributed by atoms with Crippen LogP contribution in [-0.2, 0) is 11.2 Å². The zero-order chi connectivity index (χ0) is 30.7. The van der Waals surface area contributed by atoms with Crippen LogP contribution in [0.25, 0.3) is 27.0 Å². The fraction of sp³-hybridized carbons (Fsp3) is 0.514.